The molecule has 0 fully saturated rings. The van der Waals surface area contributed by atoms with Crippen LogP contribution in [0.4, 0.5) is 15.3 Å². The molecule has 0 saturated carbocycles. The number of nitrogens with one attached hydrogen (secondary N) is 1. The lowest BCUT2D eigenvalue weighted by atomic mass is 10.2. The highest BCUT2D eigenvalue weighted by Crippen LogP contribution is 2.29. The molecule has 0 spiro atoms. The van der Waals surface area contributed by atoms with Crippen LogP contribution in [0.2, 0.25) is 0 Å². The Morgan fingerprint density at radius 1 is 1.31 bits per heavy atom. The van der Waals surface area contributed by atoms with Gasteiger partial charge in [-0.3, -0.25) is 4.79 Å². The van der Waals surface area contributed by atoms with Gasteiger partial charge in [0.2, 0.25) is 5.13 Å². The highest BCUT2D eigenvalue weighted by molar-refractivity contribution is 7.14. The van der Waals surface area contributed by atoms with Gasteiger partial charge in [0.05, 0.1) is 11.8 Å². The molecule has 0 bridgehead atoms. The fraction of sp³-hybridized carbons (Fsp3) is 0.0625. The molecule has 26 heavy (non-hydrogen) atoms. The van der Waals surface area contributed by atoms with Crippen LogP contribution in [0, 0.1) is 17.1 Å². The van der Waals surface area contributed by atoms with Gasteiger partial charge in [0.1, 0.15) is 30.2 Å². The van der Waals surface area contributed by atoms with E-state index < -0.39 is 11.7 Å². The van der Waals surface area contributed by atoms with Crippen molar-refractivity contribution in [3.8, 4) is 17.5 Å². The molecule has 0 aliphatic rings. The third-order valence-electron chi connectivity index (χ3n) is 3.21. The Labute approximate surface area is 156 Å². The Bertz CT molecular complexity index is 971. The van der Waals surface area contributed by atoms with Crippen LogP contribution in [0.3, 0.4) is 0 Å². The van der Waals surface area contributed by atoms with Crippen LogP contribution < -0.4 is 9.74 Å². The fourth-order valence-corrected chi connectivity index (χ4v) is 2.96. The minimum absolute atomic E-state index is 0.112. The number of thiazole rings is 1. The Hall–Kier alpha value is -3.09. The number of carbonyl (C=O) groups excluding carboxylic acids is 1. The fourth-order valence-electron chi connectivity index (χ4n) is 1.99. The Kier molecular flexibility index (Phi) is 5.36. The SMILES string of the molecule is N#CCNc1cc(-c2csc(N(Cl)C(=O)c3ccc(F)cc3)n2)ncn1. The molecular weight excluding hydrogens is 379 g/mol. The zero-order chi connectivity index (χ0) is 18.5. The van der Waals surface area contributed by atoms with E-state index in [1.54, 1.807) is 11.4 Å². The van der Waals surface area contributed by atoms with Crippen LogP contribution in [-0.4, -0.2) is 27.4 Å². The minimum atomic E-state index is -0.522. The van der Waals surface area contributed by atoms with Gasteiger partial charge in [-0.2, -0.15) is 9.68 Å². The van der Waals surface area contributed by atoms with Crippen molar-refractivity contribution in [3.05, 3.63) is 53.4 Å². The quantitative estimate of drug-likeness (QED) is 0.531. The van der Waals surface area contributed by atoms with E-state index in [1.807, 2.05) is 6.07 Å². The highest BCUT2D eigenvalue weighted by Gasteiger charge is 2.20. The second kappa shape index (κ2) is 7.86. The predicted molar refractivity (Wildman–Crippen MR) is 96.3 cm³/mol. The second-order valence-electron chi connectivity index (χ2n) is 4.91. The van der Waals surface area contributed by atoms with Crippen molar-refractivity contribution in [1.29, 1.82) is 5.26 Å². The maximum absolute atomic E-state index is 13.0. The third-order valence-corrected chi connectivity index (χ3v) is 4.45. The van der Waals surface area contributed by atoms with E-state index in [1.165, 1.54) is 30.6 Å². The molecular formula is C16H10ClFN6OS. The molecule has 0 radical (unpaired) electrons. The summed E-state index contributed by atoms with van der Waals surface area (Å²) in [5.74, 6) is -0.480. The molecule has 0 unspecified atom stereocenters. The Balaban J connectivity index is 1.80. The van der Waals surface area contributed by atoms with Crippen molar-refractivity contribution in [3.63, 3.8) is 0 Å². The van der Waals surface area contributed by atoms with Crippen LogP contribution in [0.15, 0.2) is 42.0 Å². The molecule has 0 atom stereocenters. The predicted octanol–water partition coefficient (Wildman–Crippen LogP) is 3.48. The highest BCUT2D eigenvalue weighted by atomic mass is 35.5. The number of anilines is 2. The van der Waals surface area contributed by atoms with E-state index in [-0.39, 0.29) is 17.2 Å². The number of hydrogen-bond acceptors (Lipinski definition) is 7. The second-order valence-corrected chi connectivity index (χ2v) is 6.08. The lowest BCUT2D eigenvalue weighted by Gasteiger charge is -2.10. The molecule has 0 aliphatic carbocycles. The third kappa shape index (κ3) is 3.93. The van der Waals surface area contributed by atoms with Crippen LogP contribution >= 0.6 is 23.1 Å². The van der Waals surface area contributed by atoms with E-state index in [0.717, 1.165) is 15.8 Å². The van der Waals surface area contributed by atoms with Crippen molar-refractivity contribution in [2.75, 3.05) is 16.3 Å². The topological polar surface area (TPSA) is 94.8 Å². The minimum Gasteiger partial charge on any atom is -0.357 e. The zero-order valence-corrected chi connectivity index (χ0v) is 14.6. The van der Waals surface area contributed by atoms with Crippen molar-refractivity contribution in [1.82, 2.24) is 15.0 Å². The summed E-state index contributed by atoms with van der Waals surface area (Å²) in [5.41, 5.74) is 1.26. The van der Waals surface area contributed by atoms with E-state index in [0.29, 0.717) is 17.2 Å². The zero-order valence-electron chi connectivity index (χ0n) is 13.1. The number of halogens is 2. The van der Waals surface area contributed by atoms with Gasteiger partial charge in [0.15, 0.2) is 0 Å². The van der Waals surface area contributed by atoms with Gasteiger partial charge in [-0.05, 0) is 24.3 Å². The van der Waals surface area contributed by atoms with Gasteiger partial charge in [0, 0.05) is 28.8 Å². The molecule has 2 heterocycles. The Morgan fingerprint density at radius 3 is 2.81 bits per heavy atom. The van der Waals surface area contributed by atoms with E-state index in [9.17, 15) is 9.18 Å². The van der Waals surface area contributed by atoms with Crippen molar-refractivity contribution in [2.24, 2.45) is 0 Å². The first-order valence-electron chi connectivity index (χ1n) is 7.23. The van der Waals surface area contributed by atoms with Gasteiger partial charge in [-0.15, -0.1) is 11.3 Å². The molecule has 10 heteroatoms. The lowest BCUT2D eigenvalue weighted by Crippen LogP contribution is -2.20. The number of benzene rings is 1. The van der Waals surface area contributed by atoms with E-state index in [4.69, 9.17) is 17.0 Å². The summed E-state index contributed by atoms with van der Waals surface area (Å²) < 4.78 is 13.8. The lowest BCUT2D eigenvalue weighted by molar-refractivity contribution is 0.101. The van der Waals surface area contributed by atoms with Crippen molar-refractivity contribution < 1.29 is 9.18 Å². The van der Waals surface area contributed by atoms with Gasteiger partial charge >= 0.3 is 0 Å². The smallest absolute Gasteiger partial charge is 0.274 e. The standard InChI is InChI=1S/C16H10ClFN6OS/c17-24(15(25)10-1-3-11(18)4-2-10)16-23-13(8-26-16)12-7-14(20-6-5-19)22-9-21-12/h1-4,7-9H,6H2,(H,20,21,22). The number of amides is 1. The number of rotatable bonds is 5. The molecule has 130 valence electrons. The van der Waals surface area contributed by atoms with Gasteiger partial charge in [0.25, 0.3) is 5.91 Å². The van der Waals surface area contributed by atoms with E-state index in [2.05, 4.69) is 20.3 Å². The summed E-state index contributed by atoms with van der Waals surface area (Å²) in [7, 11) is 0. The number of aromatic nitrogens is 3. The maximum Gasteiger partial charge on any atom is 0.274 e. The molecule has 1 amide bonds. The number of hydrogen-bond donors (Lipinski definition) is 1. The molecule has 2 aromatic heterocycles. The van der Waals surface area contributed by atoms with Crippen LogP contribution in [0.25, 0.3) is 11.4 Å². The number of nitrogens with zero attached hydrogens (tertiary/aromatic N) is 5. The summed E-state index contributed by atoms with van der Waals surface area (Å²) >= 11 is 7.25. The average molecular weight is 389 g/mol. The monoisotopic (exact) mass is 388 g/mol. The first-order valence-corrected chi connectivity index (χ1v) is 8.45. The molecule has 7 nitrogen and oxygen atoms in total. The van der Waals surface area contributed by atoms with Crippen LogP contribution in [-0.2, 0) is 0 Å². The van der Waals surface area contributed by atoms with Gasteiger partial charge < -0.3 is 5.32 Å². The van der Waals surface area contributed by atoms with Crippen LogP contribution in [0.1, 0.15) is 10.4 Å². The van der Waals surface area contributed by atoms with Crippen molar-refractivity contribution in [2.45, 2.75) is 0 Å². The molecule has 0 saturated heterocycles. The Morgan fingerprint density at radius 2 is 2.08 bits per heavy atom. The van der Waals surface area contributed by atoms with E-state index >= 15 is 0 Å². The first kappa shape index (κ1) is 17.7. The van der Waals surface area contributed by atoms with Gasteiger partial charge in [-0.1, -0.05) is 0 Å². The maximum atomic E-state index is 13.0. The summed E-state index contributed by atoms with van der Waals surface area (Å²) in [4.78, 5) is 24.8. The molecule has 3 rings (SSSR count). The average Bonchev–Trinajstić information content (AvgIpc) is 3.16. The number of nitriles is 1. The van der Waals surface area contributed by atoms with Crippen molar-refractivity contribution >= 4 is 40.0 Å². The summed E-state index contributed by atoms with van der Waals surface area (Å²) in [6.07, 6.45) is 1.34. The number of carbonyl (C=O) groups is 1. The molecule has 0 aliphatic heterocycles. The molecule has 1 N–H and O–H groups in total. The van der Waals surface area contributed by atoms with Gasteiger partial charge in [-0.25, -0.2) is 19.3 Å². The summed E-state index contributed by atoms with van der Waals surface area (Å²) in [6.45, 7) is 0.112. The first-order chi connectivity index (χ1) is 12.6. The molecule has 1 aromatic carbocycles. The summed E-state index contributed by atoms with van der Waals surface area (Å²) in [5, 5.41) is 13.4. The normalized spacial score (nSPS) is 10.2. The molecule has 3 aromatic rings. The van der Waals surface area contributed by atoms with Crippen LogP contribution in [0.5, 0.6) is 0 Å². The summed E-state index contributed by atoms with van der Waals surface area (Å²) in [6, 6.07) is 8.65. The largest absolute Gasteiger partial charge is 0.357 e.